The number of carbonyl (C=O) groups excluding carboxylic acids is 1. The fourth-order valence-electron chi connectivity index (χ4n) is 2.66. The van der Waals surface area contributed by atoms with Crippen LogP contribution in [0.25, 0.3) is 0 Å². The average Bonchev–Trinajstić information content (AvgIpc) is 3.34. The largest absolute Gasteiger partial charge is 0.351 e. The Kier molecular flexibility index (Phi) is 4.05. The summed E-state index contributed by atoms with van der Waals surface area (Å²) in [6.45, 7) is 0.531. The number of nitrogens with zero attached hydrogens (tertiary/aromatic N) is 1. The Labute approximate surface area is 138 Å². The summed E-state index contributed by atoms with van der Waals surface area (Å²) in [4.78, 5) is 22.5. The van der Waals surface area contributed by atoms with Crippen molar-refractivity contribution in [3.8, 4) is 0 Å². The van der Waals surface area contributed by atoms with Crippen molar-refractivity contribution in [2.24, 2.45) is 0 Å². The van der Waals surface area contributed by atoms with E-state index < -0.39 is 4.92 Å². The van der Waals surface area contributed by atoms with E-state index in [1.807, 2.05) is 18.2 Å². The molecule has 1 fully saturated rings. The molecule has 2 aromatic carbocycles. The van der Waals surface area contributed by atoms with Crippen LogP contribution in [0.2, 0.25) is 5.02 Å². The minimum atomic E-state index is -0.540. The van der Waals surface area contributed by atoms with Gasteiger partial charge in [-0.05, 0) is 24.5 Å². The van der Waals surface area contributed by atoms with Crippen LogP contribution in [-0.2, 0) is 5.41 Å². The lowest BCUT2D eigenvalue weighted by Gasteiger charge is -2.16. The molecule has 118 valence electrons. The van der Waals surface area contributed by atoms with Gasteiger partial charge in [-0.3, -0.25) is 14.9 Å². The number of benzene rings is 2. The number of rotatable bonds is 5. The van der Waals surface area contributed by atoms with Gasteiger partial charge in [0.1, 0.15) is 0 Å². The fraction of sp³-hybridized carbons (Fsp3) is 0.235. The highest BCUT2D eigenvalue weighted by Crippen LogP contribution is 2.47. The molecule has 6 heteroatoms. The second-order valence-electron chi connectivity index (χ2n) is 5.75. The Morgan fingerprint density at radius 3 is 2.48 bits per heavy atom. The van der Waals surface area contributed by atoms with Crippen molar-refractivity contribution in [2.45, 2.75) is 18.3 Å². The van der Waals surface area contributed by atoms with Gasteiger partial charge in [-0.1, -0.05) is 41.9 Å². The van der Waals surface area contributed by atoms with E-state index in [0.29, 0.717) is 6.54 Å². The smallest absolute Gasteiger partial charge is 0.270 e. The number of hydrogen-bond donors (Lipinski definition) is 1. The van der Waals surface area contributed by atoms with E-state index in [9.17, 15) is 14.9 Å². The molecule has 1 aliphatic carbocycles. The minimum absolute atomic E-state index is 0.00414. The van der Waals surface area contributed by atoms with Crippen molar-refractivity contribution in [2.75, 3.05) is 6.54 Å². The van der Waals surface area contributed by atoms with Crippen LogP contribution < -0.4 is 5.32 Å². The molecule has 0 aliphatic heterocycles. The number of halogens is 1. The average molecular weight is 331 g/mol. The SMILES string of the molecule is O=C(NCC1(c2ccccc2)CC1)c1ccc([N+](=O)[O-])cc1Cl. The van der Waals surface area contributed by atoms with Crippen molar-refractivity contribution in [3.05, 3.63) is 74.8 Å². The Balaban J connectivity index is 1.70. The molecule has 0 spiro atoms. The maximum absolute atomic E-state index is 12.3. The van der Waals surface area contributed by atoms with Crippen molar-refractivity contribution in [1.29, 1.82) is 0 Å². The summed E-state index contributed by atoms with van der Waals surface area (Å²) in [6.07, 6.45) is 2.07. The van der Waals surface area contributed by atoms with Crippen molar-refractivity contribution >= 4 is 23.2 Å². The first-order valence-corrected chi connectivity index (χ1v) is 7.67. The first-order chi connectivity index (χ1) is 11.0. The maximum Gasteiger partial charge on any atom is 0.270 e. The van der Waals surface area contributed by atoms with Gasteiger partial charge in [-0.25, -0.2) is 0 Å². The first-order valence-electron chi connectivity index (χ1n) is 7.29. The molecular formula is C17H15ClN2O3. The second-order valence-corrected chi connectivity index (χ2v) is 6.16. The van der Waals surface area contributed by atoms with E-state index >= 15 is 0 Å². The summed E-state index contributed by atoms with van der Waals surface area (Å²) in [6, 6.07) is 13.9. The van der Waals surface area contributed by atoms with Crippen LogP contribution in [0.3, 0.4) is 0 Å². The predicted molar refractivity (Wildman–Crippen MR) is 87.8 cm³/mol. The van der Waals surface area contributed by atoms with Gasteiger partial charge in [0, 0.05) is 24.1 Å². The molecule has 0 bridgehead atoms. The molecule has 1 N–H and O–H groups in total. The van der Waals surface area contributed by atoms with E-state index in [-0.39, 0.29) is 27.6 Å². The highest BCUT2D eigenvalue weighted by molar-refractivity contribution is 6.34. The van der Waals surface area contributed by atoms with Crippen LogP contribution in [-0.4, -0.2) is 17.4 Å². The standard InChI is InChI=1S/C17H15ClN2O3/c18-15-10-13(20(22)23)6-7-14(15)16(21)19-11-17(8-9-17)12-4-2-1-3-5-12/h1-7,10H,8-9,11H2,(H,19,21). The molecule has 1 aliphatic rings. The normalized spacial score (nSPS) is 15.0. The highest BCUT2D eigenvalue weighted by Gasteiger charge is 2.44. The molecule has 1 saturated carbocycles. The summed E-state index contributed by atoms with van der Waals surface area (Å²) < 4.78 is 0. The van der Waals surface area contributed by atoms with Crippen LogP contribution in [0.5, 0.6) is 0 Å². The Hall–Kier alpha value is -2.40. The van der Waals surface area contributed by atoms with Crippen molar-refractivity contribution in [3.63, 3.8) is 0 Å². The molecule has 2 aromatic rings. The van der Waals surface area contributed by atoms with E-state index in [2.05, 4.69) is 17.4 Å². The van der Waals surface area contributed by atoms with Crippen molar-refractivity contribution in [1.82, 2.24) is 5.32 Å². The summed E-state index contributed by atoms with van der Waals surface area (Å²) in [5.74, 6) is -0.313. The third-order valence-electron chi connectivity index (χ3n) is 4.24. The van der Waals surface area contributed by atoms with Gasteiger partial charge in [-0.15, -0.1) is 0 Å². The van der Waals surface area contributed by atoms with Crippen LogP contribution in [0.15, 0.2) is 48.5 Å². The number of amides is 1. The summed E-state index contributed by atoms with van der Waals surface area (Å²) in [5.41, 5.74) is 1.34. The van der Waals surface area contributed by atoms with Crippen LogP contribution >= 0.6 is 11.6 Å². The topological polar surface area (TPSA) is 72.2 Å². The third kappa shape index (κ3) is 3.19. The summed E-state index contributed by atoms with van der Waals surface area (Å²) in [7, 11) is 0. The molecule has 0 aromatic heterocycles. The number of hydrogen-bond acceptors (Lipinski definition) is 3. The van der Waals surface area contributed by atoms with E-state index in [0.717, 1.165) is 12.8 Å². The maximum atomic E-state index is 12.3. The molecular weight excluding hydrogens is 316 g/mol. The van der Waals surface area contributed by atoms with E-state index in [1.54, 1.807) is 0 Å². The monoisotopic (exact) mass is 330 g/mol. The molecule has 23 heavy (non-hydrogen) atoms. The zero-order chi connectivity index (χ0) is 16.4. The second kappa shape index (κ2) is 6.01. The molecule has 5 nitrogen and oxygen atoms in total. The molecule has 0 unspecified atom stereocenters. The quantitative estimate of drug-likeness (QED) is 0.671. The van der Waals surface area contributed by atoms with Gasteiger partial charge < -0.3 is 5.32 Å². The van der Waals surface area contributed by atoms with Gasteiger partial charge >= 0.3 is 0 Å². The number of carbonyl (C=O) groups is 1. The van der Waals surface area contributed by atoms with Crippen LogP contribution in [0, 0.1) is 10.1 Å². The zero-order valence-corrected chi connectivity index (χ0v) is 13.0. The van der Waals surface area contributed by atoms with Gasteiger partial charge in [0.15, 0.2) is 0 Å². The lowest BCUT2D eigenvalue weighted by atomic mass is 9.96. The number of nitrogens with one attached hydrogen (secondary N) is 1. The fourth-order valence-corrected chi connectivity index (χ4v) is 2.92. The lowest BCUT2D eigenvalue weighted by Crippen LogP contribution is -2.32. The molecule has 0 saturated heterocycles. The van der Waals surface area contributed by atoms with Crippen LogP contribution in [0.1, 0.15) is 28.8 Å². The third-order valence-corrected chi connectivity index (χ3v) is 4.55. The number of nitro benzene ring substituents is 1. The van der Waals surface area contributed by atoms with E-state index in [4.69, 9.17) is 11.6 Å². The molecule has 3 rings (SSSR count). The molecule has 0 radical (unpaired) electrons. The summed E-state index contributed by atoms with van der Waals surface area (Å²) in [5, 5.41) is 13.7. The number of non-ortho nitro benzene ring substituents is 1. The van der Waals surface area contributed by atoms with Gasteiger partial charge in [0.2, 0.25) is 0 Å². The minimum Gasteiger partial charge on any atom is -0.351 e. The van der Waals surface area contributed by atoms with Gasteiger partial charge in [0.05, 0.1) is 15.5 Å². The highest BCUT2D eigenvalue weighted by atomic mass is 35.5. The van der Waals surface area contributed by atoms with Crippen LogP contribution in [0.4, 0.5) is 5.69 Å². The first kappa shape index (κ1) is 15.5. The lowest BCUT2D eigenvalue weighted by molar-refractivity contribution is -0.384. The molecule has 0 heterocycles. The van der Waals surface area contributed by atoms with E-state index in [1.165, 1.54) is 23.8 Å². The van der Waals surface area contributed by atoms with Gasteiger partial charge in [0.25, 0.3) is 11.6 Å². The number of nitro groups is 1. The Morgan fingerprint density at radius 2 is 1.91 bits per heavy atom. The van der Waals surface area contributed by atoms with Gasteiger partial charge in [-0.2, -0.15) is 0 Å². The zero-order valence-electron chi connectivity index (χ0n) is 12.3. The Morgan fingerprint density at radius 1 is 1.22 bits per heavy atom. The molecule has 0 atom stereocenters. The predicted octanol–water partition coefficient (Wildman–Crippen LogP) is 3.71. The molecule has 1 amide bonds. The Bertz CT molecular complexity index is 758. The summed E-state index contributed by atoms with van der Waals surface area (Å²) >= 11 is 5.99. The van der Waals surface area contributed by atoms with Crippen molar-refractivity contribution < 1.29 is 9.72 Å².